The largest absolute Gasteiger partial charge is 0.348 e. The molecule has 0 radical (unpaired) electrons. The van der Waals surface area contributed by atoms with E-state index in [0.717, 1.165) is 10.7 Å². The summed E-state index contributed by atoms with van der Waals surface area (Å²) in [4.78, 5) is 26.8. The highest BCUT2D eigenvalue weighted by molar-refractivity contribution is 7.09. The molecule has 9 heteroatoms. The number of thiazole rings is 1. The number of aromatic nitrogens is 1. The molecule has 0 saturated heterocycles. The van der Waals surface area contributed by atoms with Gasteiger partial charge in [-0.2, -0.15) is 0 Å². The van der Waals surface area contributed by atoms with Crippen LogP contribution in [0.25, 0.3) is 0 Å². The molecule has 0 bridgehead atoms. The molecule has 1 aromatic rings. The maximum atomic E-state index is 11.5. The van der Waals surface area contributed by atoms with E-state index < -0.39 is 0 Å². The van der Waals surface area contributed by atoms with Crippen molar-refractivity contribution in [1.29, 1.82) is 0 Å². The van der Waals surface area contributed by atoms with E-state index in [2.05, 4.69) is 36.4 Å². The molecule has 2 amide bonds. The molecule has 0 fully saturated rings. The van der Waals surface area contributed by atoms with Gasteiger partial charge in [-0.15, -0.1) is 36.2 Å². The van der Waals surface area contributed by atoms with Crippen LogP contribution in [0.5, 0.6) is 0 Å². The molecule has 0 aromatic carbocycles. The van der Waals surface area contributed by atoms with Gasteiger partial charge >= 0.3 is 0 Å². The minimum atomic E-state index is -0.348. The van der Waals surface area contributed by atoms with E-state index in [-0.39, 0.29) is 55.1 Å². The fourth-order valence-corrected chi connectivity index (χ4v) is 2.18. The Morgan fingerprint density at radius 2 is 1.86 bits per heavy atom. The molecule has 0 aliphatic rings. The topological polar surface area (TPSA) is 97.1 Å². The monoisotopic (exact) mass is 356 g/mol. The summed E-state index contributed by atoms with van der Waals surface area (Å²) < 4.78 is 0. The van der Waals surface area contributed by atoms with Gasteiger partial charge in [-0.25, -0.2) is 4.98 Å². The number of carbonyl (C=O) groups is 2. The number of carbonyl (C=O) groups excluding carboxylic acids is 2. The summed E-state index contributed by atoms with van der Waals surface area (Å²) in [6.45, 7) is 6.46. The normalized spacial score (nSPS) is 10.1. The number of nitrogens with one attached hydrogen (secondary N) is 2. The van der Waals surface area contributed by atoms with Crippen LogP contribution >= 0.6 is 36.2 Å². The molecule has 0 aliphatic carbocycles. The number of nitrogens with zero attached hydrogens (tertiary/aromatic N) is 1. The Morgan fingerprint density at radius 3 is 2.33 bits per heavy atom. The van der Waals surface area contributed by atoms with E-state index in [9.17, 15) is 9.59 Å². The average molecular weight is 357 g/mol. The molecule has 122 valence electrons. The van der Waals surface area contributed by atoms with Crippen molar-refractivity contribution >= 4 is 48.0 Å². The second kappa shape index (κ2) is 9.94. The lowest BCUT2D eigenvalue weighted by Crippen LogP contribution is -2.39. The van der Waals surface area contributed by atoms with Crippen molar-refractivity contribution in [1.82, 2.24) is 15.6 Å². The molecule has 1 rings (SSSR count). The van der Waals surface area contributed by atoms with Crippen LogP contribution in [0, 0.1) is 0 Å². The smallest absolute Gasteiger partial charge is 0.239 e. The van der Waals surface area contributed by atoms with Crippen LogP contribution in [0.15, 0.2) is 5.38 Å². The van der Waals surface area contributed by atoms with Gasteiger partial charge in [0, 0.05) is 10.8 Å². The SMILES string of the molecule is CC(C)(C)c1csc(CNC(=O)CNC(=O)CN)n1.Cl.Cl. The van der Waals surface area contributed by atoms with Crippen molar-refractivity contribution in [2.45, 2.75) is 32.7 Å². The summed E-state index contributed by atoms with van der Waals surface area (Å²) in [5.74, 6) is -0.603. The van der Waals surface area contributed by atoms with Crippen molar-refractivity contribution in [3.05, 3.63) is 16.1 Å². The lowest BCUT2D eigenvalue weighted by atomic mass is 9.93. The highest BCUT2D eigenvalue weighted by atomic mass is 35.5. The fourth-order valence-electron chi connectivity index (χ4n) is 1.22. The number of rotatable bonds is 5. The Balaban J connectivity index is 0. The average Bonchev–Trinajstić information content (AvgIpc) is 2.82. The van der Waals surface area contributed by atoms with E-state index >= 15 is 0 Å². The first-order chi connectivity index (χ1) is 8.82. The minimum absolute atomic E-state index is 0. The van der Waals surface area contributed by atoms with Gasteiger partial charge in [-0.3, -0.25) is 9.59 Å². The van der Waals surface area contributed by atoms with E-state index in [1.165, 1.54) is 11.3 Å². The Labute approximate surface area is 141 Å². The third kappa shape index (κ3) is 8.21. The maximum Gasteiger partial charge on any atom is 0.239 e. The molecule has 0 atom stereocenters. The molecular weight excluding hydrogens is 335 g/mol. The molecular formula is C12H22Cl2N4O2S. The third-order valence-electron chi connectivity index (χ3n) is 2.39. The van der Waals surface area contributed by atoms with E-state index in [0.29, 0.717) is 6.54 Å². The lowest BCUT2D eigenvalue weighted by molar-refractivity contribution is -0.125. The molecule has 6 nitrogen and oxygen atoms in total. The zero-order valence-corrected chi connectivity index (χ0v) is 14.7. The Kier molecular flexibility index (Phi) is 10.6. The van der Waals surface area contributed by atoms with Crippen molar-refractivity contribution in [2.75, 3.05) is 13.1 Å². The predicted molar refractivity (Wildman–Crippen MR) is 89.2 cm³/mol. The van der Waals surface area contributed by atoms with Crippen LogP contribution in [0.3, 0.4) is 0 Å². The van der Waals surface area contributed by atoms with Gasteiger partial charge < -0.3 is 16.4 Å². The summed E-state index contributed by atoms with van der Waals surface area (Å²) in [5, 5.41) is 7.95. The minimum Gasteiger partial charge on any atom is -0.348 e. The zero-order chi connectivity index (χ0) is 14.5. The molecule has 1 aromatic heterocycles. The van der Waals surface area contributed by atoms with Crippen LogP contribution in [0.1, 0.15) is 31.5 Å². The summed E-state index contributed by atoms with van der Waals surface area (Å²) in [6.07, 6.45) is 0. The van der Waals surface area contributed by atoms with Crippen LogP contribution in [-0.2, 0) is 21.5 Å². The third-order valence-corrected chi connectivity index (χ3v) is 3.24. The molecule has 4 N–H and O–H groups in total. The zero-order valence-electron chi connectivity index (χ0n) is 12.3. The van der Waals surface area contributed by atoms with Crippen LogP contribution in [-0.4, -0.2) is 29.9 Å². The molecule has 0 aliphatic heterocycles. The van der Waals surface area contributed by atoms with Gasteiger partial charge in [0.1, 0.15) is 5.01 Å². The van der Waals surface area contributed by atoms with Crippen molar-refractivity contribution in [3.8, 4) is 0 Å². The van der Waals surface area contributed by atoms with Crippen LogP contribution in [0.2, 0.25) is 0 Å². The van der Waals surface area contributed by atoms with Crippen LogP contribution < -0.4 is 16.4 Å². The Morgan fingerprint density at radius 1 is 1.24 bits per heavy atom. The highest BCUT2D eigenvalue weighted by Crippen LogP contribution is 2.23. The maximum absolute atomic E-state index is 11.5. The first kappa shape index (κ1) is 22.4. The summed E-state index contributed by atoms with van der Waals surface area (Å²) in [5.41, 5.74) is 6.13. The van der Waals surface area contributed by atoms with Crippen molar-refractivity contribution in [3.63, 3.8) is 0 Å². The van der Waals surface area contributed by atoms with Crippen molar-refractivity contribution < 1.29 is 9.59 Å². The number of nitrogens with two attached hydrogens (primary N) is 1. The first-order valence-electron chi connectivity index (χ1n) is 6.01. The van der Waals surface area contributed by atoms with Gasteiger partial charge in [-0.05, 0) is 0 Å². The number of halogens is 2. The van der Waals surface area contributed by atoms with Gasteiger partial charge in [0.05, 0.1) is 25.3 Å². The standard InChI is InChI=1S/C12H20N4O2S.2ClH/c1-12(2,3)8-7-19-11(16-8)6-15-10(18)5-14-9(17)4-13;;/h7H,4-6,13H2,1-3H3,(H,14,17)(H,15,18);2*1H. The molecule has 0 saturated carbocycles. The van der Waals surface area contributed by atoms with E-state index in [1.807, 2.05) is 5.38 Å². The Bertz CT molecular complexity index is 460. The van der Waals surface area contributed by atoms with Crippen molar-refractivity contribution in [2.24, 2.45) is 5.73 Å². The van der Waals surface area contributed by atoms with Gasteiger partial charge in [0.15, 0.2) is 0 Å². The molecule has 21 heavy (non-hydrogen) atoms. The van der Waals surface area contributed by atoms with Gasteiger partial charge in [0.2, 0.25) is 11.8 Å². The lowest BCUT2D eigenvalue weighted by Gasteiger charge is -2.14. The number of amides is 2. The predicted octanol–water partition coefficient (Wildman–Crippen LogP) is 0.975. The van der Waals surface area contributed by atoms with E-state index in [1.54, 1.807) is 0 Å². The van der Waals surface area contributed by atoms with Crippen LogP contribution in [0.4, 0.5) is 0 Å². The molecule has 0 spiro atoms. The Hall–Kier alpha value is -0.890. The summed E-state index contributed by atoms with van der Waals surface area (Å²) >= 11 is 1.51. The number of hydrogen-bond donors (Lipinski definition) is 3. The quantitative estimate of drug-likeness (QED) is 0.732. The first-order valence-corrected chi connectivity index (χ1v) is 6.89. The summed E-state index contributed by atoms with van der Waals surface area (Å²) in [7, 11) is 0. The number of hydrogen-bond acceptors (Lipinski definition) is 5. The van der Waals surface area contributed by atoms with Gasteiger partial charge in [0.25, 0.3) is 0 Å². The van der Waals surface area contributed by atoms with E-state index in [4.69, 9.17) is 5.73 Å². The highest BCUT2D eigenvalue weighted by Gasteiger charge is 2.17. The molecule has 1 heterocycles. The molecule has 0 unspecified atom stereocenters. The second-order valence-corrected chi connectivity index (χ2v) is 6.08. The fraction of sp³-hybridized carbons (Fsp3) is 0.583. The summed E-state index contributed by atoms with van der Waals surface area (Å²) in [6, 6.07) is 0. The van der Waals surface area contributed by atoms with Gasteiger partial charge in [-0.1, -0.05) is 20.8 Å². The second-order valence-electron chi connectivity index (χ2n) is 5.13.